The molecule has 0 saturated carbocycles. The quantitative estimate of drug-likeness (QED) is 0.590. The van der Waals surface area contributed by atoms with Crippen LogP contribution in [-0.4, -0.2) is 32.1 Å². The molecule has 1 heterocycles. The average Bonchev–Trinajstić information content (AvgIpc) is 2.91. The molecule has 0 bridgehead atoms. The van der Waals surface area contributed by atoms with E-state index >= 15 is 0 Å². The number of ketones is 1. The minimum absolute atomic E-state index is 0.0354. The van der Waals surface area contributed by atoms with Gasteiger partial charge in [-0.15, -0.1) is 0 Å². The fraction of sp³-hybridized carbons (Fsp3) is 0.385. The molecule has 1 aliphatic heterocycles. The average molecular weight is 234 g/mol. The van der Waals surface area contributed by atoms with E-state index in [1.807, 2.05) is 0 Å². The van der Waals surface area contributed by atoms with Gasteiger partial charge in [-0.05, 0) is 18.6 Å². The molecule has 1 aromatic rings. The van der Waals surface area contributed by atoms with Gasteiger partial charge in [0.15, 0.2) is 5.78 Å². The molecule has 4 heteroatoms. The summed E-state index contributed by atoms with van der Waals surface area (Å²) in [4.78, 5) is 23.4. The van der Waals surface area contributed by atoms with Crippen molar-refractivity contribution in [2.75, 3.05) is 20.3 Å². The van der Waals surface area contributed by atoms with Crippen LogP contribution in [0, 0.1) is 5.92 Å². The number of hydrogen-bond donors (Lipinski definition) is 0. The smallest absolute Gasteiger partial charge is 0.337 e. The standard InChI is InChI=1S/C13H14O4/c1-16-13(15)10-4-2-3-9(7-10)12(14)11-5-6-17-8-11/h2-4,7,11H,5-6,8H2,1H3. The molecule has 0 radical (unpaired) electrons. The third-order valence-corrected chi connectivity index (χ3v) is 2.87. The van der Waals surface area contributed by atoms with Crippen LogP contribution in [0.2, 0.25) is 0 Å². The van der Waals surface area contributed by atoms with Crippen LogP contribution in [0.1, 0.15) is 27.1 Å². The van der Waals surface area contributed by atoms with Gasteiger partial charge in [0.2, 0.25) is 0 Å². The van der Waals surface area contributed by atoms with Crippen molar-refractivity contribution in [3.05, 3.63) is 35.4 Å². The van der Waals surface area contributed by atoms with Gasteiger partial charge in [0.1, 0.15) is 0 Å². The van der Waals surface area contributed by atoms with Crippen molar-refractivity contribution in [3.8, 4) is 0 Å². The number of ether oxygens (including phenoxy) is 2. The van der Waals surface area contributed by atoms with E-state index in [0.717, 1.165) is 6.42 Å². The van der Waals surface area contributed by atoms with Gasteiger partial charge >= 0.3 is 5.97 Å². The Hall–Kier alpha value is -1.68. The summed E-state index contributed by atoms with van der Waals surface area (Å²) in [7, 11) is 1.32. The highest BCUT2D eigenvalue weighted by atomic mass is 16.5. The lowest BCUT2D eigenvalue weighted by Crippen LogP contribution is -2.15. The summed E-state index contributed by atoms with van der Waals surface area (Å²) in [6.07, 6.45) is 0.751. The molecule has 1 fully saturated rings. The maximum Gasteiger partial charge on any atom is 0.337 e. The highest BCUT2D eigenvalue weighted by molar-refractivity contribution is 6.00. The molecule has 1 saturated heterocycles. The topological polar surface area (TPSA) is 52.6 Å². The number of methoxy groups -OCH3 is 1. The summed E-state index contributed by atoms with van der Waals surface area (Å²) in [5.74, 6) is -0.474. The Morgan fingerprint density at radius 3 is 2.76 bits per heavy atom. The van der Waals surface area contributed by atoms with Crippen LogP contribution in [0.15, 0.2) is 24.3 Å². The van der Waals surface area contributed by atoms with Crippen LogP contribution in [0.4, 0.5) is 0 Å². The van der Waals surface area contributed by atoms with Gasteiger partial charge in [-0.3, -0.25) is 4.79 Å². The maximum atomic E-state index is 12.1. The van der Waals surface area contributed by atoms with Gasteiger partial charge in [-0.25, -0.2) is 4.79 Å². The Bertz CT molecular complexity index is 433. The molecule has 1 aliphatic rings. The number of esters is 1. The van der Waals surface area contributed by atoms with Crippen molar-refractivity contribution in [2.45, 2.75) is 6.42 Å². The zero-order valence-corrected chi connectivity index (χ0v) is 9.64. The SMILES string of the molecule is COC(=O)c1cccc(C(=O)C2CCOC2)c1. The lowest BCUT2D eigenvalue weighted by atomic mass is 9.96. The van der Waals surface area contributed by atoms with Crippen molar-refractivity contribution in [1.82, 2.24) is 0 Å². The second kappa shape index (κ2) is 5.10. The van der Waals surface area contributed by atoms with Crippen LogP contribution in [0.5, 0.6) is 0 Å². The monoisotopic (exact) mass is 234 g/mol. The molecule has 0 aromatic heterocycles. The Kier molecular flexibility index (Phi) is 3.54. The third-order valence-electron chi connectivity index (χ3n) is 2.87. The first-order valence-electron chi connectivity index (χ1n) is 5.52. The van der Waals surface area contributed by atoms with E-state index < -0.39 is 5.97 Å². The first-order chi connectivity index (χ1) is 8.22. The fourth-order valence-corrected chi connectivity index (χ4v) is 1.89. The van der Waals surface area contributed by atoms with Crippen molar-refractivity contribution < 1.29 is 19.1 Å². The zero-order chi connectivity index (χ0) is 12.3. The molecule has 0 N–H and O–H groups in total. The summed E-state index contributed by atoms with van der Waals surface area (Å²) >= 11 is 0. The van der Waals surface area contributed by atoms with Crippen molar-refractivity contribution in [1.29, 1.82) is 0 Å². The van der Waals surface area contributed by atoms with E-state index in [0.29, 0.717) is 24.3 Å². The van der Waals surface area contributed by atoms with E-state index in [4.69, 9.17) is 4.74 Å². The second-order valence-electron chi connectivity index (χ2n) is 4.00. The van der Waals surface area contributed by atoms with Crippen molar-refractivity contribution in [2.24, 2.45) is 5.92 Å². The molecule has 1 aromatic carbocycles. The van der Waals surface area contributed by atoms with E-state index in [9.17, 15) is 9.59 Å². The number of benzene rings is 1. The highest BCUT2D eigenvalue weighted by Crippen LogP contribution is 2.19. The summed E-state index contributed by atoms with van der Waals surface area (Å²) in [5.41, 5.74) is 0.945. The number of rotatable bonds is 3. The van der Waals surface area contributed by atoms with Gasteiger partial charge < -0.3 is 9.47 Å². The molecule has 0 amide bonds. The molecule has 1 unspecified atom stereocenters. The first-order valence-corrected chi connectivity index (χ1v) is 5.52. The summed E-state index contributed by atoms with van der Waals surface area (Å²) in [6, 6.07) is 6.61. The number of carbonyl (C=O) groups excluding carboxylic acids is 2. The molecule has 2 rings (SSSR count). The molecule has 0 aliphatic carbocycles. The van der Waals surface area contributed by atoms with Crippen LogP contribution in [0.25, 0.3) is 0 Å². The van der Waals surface area contributed by atoms with Crippen LogP contribution < -0.4 is 0 Å². The minimum atomic E-state index is -0.428. The van der Waals surface area contributed by atoms with Crippen molar-refractivity contribution >= 4 is 11.8 Å². The molecule has 90 valence electrons. The third kappa shape index (κ3) is 2.53. The largest absolute Gasteiger partial charge is 0.465 e. The Morgan fingerprint density at radius 1 is 1.35 bits per heavy atom. The Labute approximate surface area is 99.5 Å². The molecular weight excluding hydrogens is 220 g/mol. The Balaban J connectivity index is 2.20. The number of carbonyl (C=O) groups is 2. The zero-order valence-electron chi connectivity index (χ0n) is 9.64. The van der Waals surface area contributed by atoms with E-state index in [-0.39, 0.29) is 11.7 Å². The van der Waals surface area contributed by atoms with Gasteiger partial charge in [-0.1, -0.05) is 12.1 Å². The van der Waals surface area contributed by atoms with Gasteiger partial charge in [0, 0.05) is 18.1 Å². The van der Waals surface area contributed by atoms with E-state index in [1.165, 1.54) is 7.11 Å². The fourth-order valence-electron chi connectivity index (χ4n) is 1.89. The number of Topliss-reactive ketones (excluding diaryl/α,β-unsaturated/α-hetero) is 1. The first kappa shape index (κ1) is 11.8. The van der Waals surface area contributed by atoms with Gasteiger partial charge in [0.25, 0.3) is 0 Å². The summed E-state index contributed by atoms with van der Waals surface area (Å²) in [5, 5.41) is 0. The summed E-state index contributed by atoms with van der Waals surface area (Å²) < 4.78 is 9.81. The van der Waals surface area contributed by atoms with Gasteiger partial charge in [0.05, 0.1) is 19.3 Å². The van der Waals surface area contributed by atoms with Crippen LogP contribution >= 0.6 is 0 Å². The van der Waals surface area contributed by atoms with Gasteiger partial charge in [-0.2, -0.15) is 0 Å². The summed E-state index contributed by atoms with van der Waals surface area (Å²) in [6.45, 7) is 1.11. The van der Waals surface area contributed by atoms with Crippen molar-refractivity contribution in [3.63, 3.8) is 0 Å². The lowest BCUT2D eigenvalue weighted by Gasteiger charge is -2.07. The minimum Gasteiger partial charge on any atom is -0.465 e. The van der Waals surface area contributed by atoms with Crippen LogP contribution in [-0.2, 0) is 9.47 Å². The molecule has 0 spiro atoms. The Morgan fingerprint density at radius 2 is 2.12 bits per heavy atom. The normalized spacial score (nSPS) is 19.0. The molecule has 1 atom stereocenters. The predicted molar refractivity (Wildman–Crippen MR) is 61.0 cm³/mol. The molecule has 4 nitrogen and oxygen atoms in total. The van der Waals surface area contributed by atoms with Crippen LogP contribution in [0.3, 0.4) is 0 Å². The molecular formula is C13H14O4. The molecule has 17 heavy (non-hydrogen) atoms. The van der Waals surface area contributed by atoms with E-state index in [2.05, 4.69) is 4.74 Å². The maximum absolute atomic E-state index is 12.1. The predicted octanol–water partition coefficient (Wildman–Crippen LogP) is 1.69. The number of hydrogen-bond acceptors (Lipinski definition) is 4. The second-order valence-corrected chi connectivity index (χ2v) is 4.00. The lowest BCUT2D eigenvalue weighted by molar-refractivity contribution is 0.0600. The highest BCUT2D eigenvalue weighted by Gasteiger charge is 2.25. The van der Waals surface area contributed by atoms with E-state index in [1.54, 1.807) is 24.3 Å².